The highest BCUT2D eigenvalue weighted by Gasteiger charge is 2.34. The molecule has 0 aliphatic rings. The van der Waals surface area contributed by atoms with Crippen LogP contribution < -0.4 is 5.84 Å². The number of hydrogen-bond acceptors (Lipinski definition) is 5. The molecule has 0 bridgehead atoms. The van der Waals surface area contributed by atoms with Gasteiger partial charge in [-0.1, -0.05) is 37.5 Å². The molecule has 0 unspecified atom stereocenters. The Kier molecular flexibility index (Phi) is 6.99. The summed E-state index contributed by atoms with van der Waals surface area (Å²) in [5.41, 5.74) is 0.940. The van der Waals surface area contributed by atoms with Gasteiger partial charge in [0.1, 0.15) is 6.04 Å². The monoisotopic (exact) mass is 328 g/mol. The summed E-state index contributed by atoms with van der Waals surface area (Å²) in [5.74, 6) is 5.17. The Morgan fingerprint density at radius 3 is 2.36 bits per heavy atom. The van der Waals surface area contributed by atoms with Crippen LogP contribution >= 0.6 is 0 Å². The van der Waals surface area contributed by atoms with Gasteiger partial charge in [0.15, 0.2) is 0 Å². The van der Waals surface area contributed by atoms with E-state index in [2.05, 4.69) is 0 Å². The number of hydrogen-bond donors (Lipinski definition) is 1. The zero-order valence-corrected chi connectivity index (χ0v) is 14.1. The summed E-state index contributed by atoms with van der Waals surface area (Å²) in [7, 11) is -3.94. The lowest BCUT2D eigenvalue weighted by Gasteiger charge is -2.25. The molecule has 0 heterocycles. The van der Waals surface area contributed by atoms with Crippen LogP contribution in [0.25, 0.3) is 0 Å². The SMILES string of the molecule is CCCC[C@@H](C(=O)OCC)N(N)S(=O)(=O)c1ccc(C)cc1. The molecule has 0 aromatic heterocycles. The summed E-state index contributed by atoms with van der Waals surface area (Å²) >= 11 is 0. The molecule has 0 spiro atoms. The quantitative estimate of drug-likeness (QED) is 0.448. The van der Waals surface area contributed by atoms with Crippen molar-refractivity contribution in [2.24, 2.45) is 5.84 Å². The van der Waals surface area contributed by atoms with E-state index in [9.17, 15) is 13.2 Å². The van der Waals surface area contributed by atoms with Crippen LogP contribution in [0.5, 0.6) is 0 Å². The summed E-state index contributed by atoms with van der Waals surface area (Å²) in [5, 5.41) is 0. The molecule has 6 nitrogen and oxygen atoms in total. The summed E-state index contributed by atoms with van der Waals surface area (Å²) < 4.78 is 30.7. The molecule has 1 atom stereocenters. The highest BCUT2D eigenvalue weighted by atomic mass is 32.2. The van der Waals surface area contributed by atoms with Gasteiger partial charge < -0.3 is 4.74 Å². The minimum Gasteiger partial charge on any atom is -0.465 e. The van der Waals surface area contributed by atoms with E-state index in [-0.39, 0.29) is 11.5 Å². The van der Waals surface area contributed by atoms with Crippen LogP contribution in [0.1, 0.15) is 38.7 Å². The predicted octanol–water partition coefficient (Wildman–Crippen LogP) is 1.98. The van der Waals surface area contributed by atoms with E-state index in [4.69, 9.17) is 10.6 Å². The lowest BCUT2D eigenvalue weighted by Crippen LogP contribution is -2.50. The van der Waals surface area contributed by atoms with Crippen molar-refractivity contribution in [2.45, 2.75) is 51.0 Å². The van der Waals surface area contributed by atoms with Gasteiger partial charge >= 0.3 is 5.97 Å². The number of esters is 1. The average Bonchev–Trinajstić information content (AvgIpc) is 2.48. The first-order valence-corrected chi connectivity index (χ1v) is 8.81. The smallest absolute Gasteiger partial charge is 0.325 e. The van der Waals surface area contributed by atoms with Gasteiger partial charge in [-0.25, -0.2) is 8.42 Å². The van der Waals surface area contributed by atoms with E-state index in [1.165, 1.54) is 12.1 Å². The van der Waals surface area contributed by atoms with Crippen molar-refractivity contribution in [3.05, 3.63) is 29.8 Å². The van der Waals surface area contributed by atoms with E-state index in [0.717, 1.165) is 12.0 Å². The number of sulfonamides is 1. The van der Waals surface area contributed by atoms with Gasteiger partial charge in [0.25, 0.3) is 10.0 Å². The normalized spacial score (nSPS) is 13.1. The van der Waals surface area contributed by atoms with Crippen LogP contribution in [0, 0.1) is 6.92 Å². The Bertz CT molecular complexity index is 584. The van der Waals surface area contributed by atoms with E-state index in [1.54, 1.807) is 19.1 Å². The number of benzene rings is 1. The molecule has 0 aliphatic heterocycles. The Morgan fingerprint density at radius 1 is 1.27 bits per heavy atom. The molecule has 7 heteroatoms. The fourth-order valence-corrected chi connectivity index (χ4v) is 3.23. The molecule has 0 amide bonds. The van der Waals surface area contributed by atoms with Crippen molar-refractivity contribution < 1.29 is 17.9 Å². The van der Waals surface area contributed by atoms with Gasteiger partial charge in [-0.15, -0.1) is 4.41 Å². The van der Waals surface area contributed by atoms with Gasteiger partial charge in [0, 0.05) is 0 Å². The van der Waals surface area contributed by atoms with Crippen LogP contribution in [0.4, 0.5) is 0 Å². The van der Waals surface area contributed by atoms with Crippen molar-refractivity contribution in [3.63, 3.8) is 0 Å². The third-order valence-electron chi connectivity index (χ3n) is 3.29. The zero-order chi connectivity index (χ0) is 16.8. The minimum atomic E-state index is -3.94. The Hall–Kier alpha value is -1.44. The van der Waals surface area contributed by atoms with Gasteiger partial charge in [0.2, 0.25) is 0 Å². The zero-order valence-electron chi connectivity index (χ0n) is 13.3. The average molecular weight is 328 g/mol. The number of unbranched alkanes of at least 4 members (excludes halogenated alkanes) is 1. The standard InChI is InChI=1S/C15H24N2O4S/c1-4-6-7-14(15(18)21-5-2)17(16)22(19,20)13-10-8-12(3)9-11-13/h8-11,14H,4-7,16H2,1-3H3/t14-/m0/s1. The number of hydrazine groups is 1. The van der Waals surface area contributed by atoms with E-state index in [1.807, 2.05) is 13.8 Å². The van der Waals surface area contributed by atoms with E-state index in [0.29, 0.717) is 17.3 Å². The predicted molar refractivity (Wildman–Crippen MR) is 84.3 cm³/mol. The Morgan fingerprint density at radius 2 is 1.86 bits per heavy atom. The van der Waals surface area contributed by atoms with Gasteiger partial charge in [-0.3, -0.25) is 10.6 Å². The highest BCUT2D eigenvalue weighted by Crippen LogP contribution is 2.19. The molecule has 0 saturated carbocycles. The van der Waals surface area contributed by atoms with Crippen molar-refractivity contribution in [2.75, 3.05) is 6.61 Å². The molecular formula is C15H24N2O4S. The molecular weight excluding hydrogens is 304 g/mol. The van der Waals surface area contributed by atoms with Crippen molar-refractivity contribution >= 4 is 16.0 Å². The number of carbonyl (C=O) groups excluding carboxylic acids is 1. The number of rotatable bonds is 8. The third-order valence-corrected chi connectivity index (χ3v) is 4.97. The highest BCUT2D eigenvalue weighted by molar-refractivity contribution is 7.89. The minimum absolute atomic E-state index is 0.0615. The molecule has 124 valence electrons. The summed E-state index contributed by atoms with van der Waals surface area (Å²) in [4.78, 5) is 12.1. The summed E-state index contributed by atoms with van der Waals surface area (Å²) in [6, 6.07) is 5.32. The summed E-state index contributed by atoms with van der Waals surface area (Å²) in [6.45, 7) is 5.67. The molecule has 0 fully saturated rings. The second-order valence-electron chi connectivity index (χ2n) is 5.06. The van der Waals surface area contributed by atoms with Gasteiger partial charge in [-0.2, -0.15) is 0 Å². The van der Waals surface area contributed by atoms with Crippen LogP contribution in [-0.4, -0.2) is 31.5 Å². The first-order valence-electron chi connectivity index (χ1n) is 7.37. The summed E-state index contributed by atoms with van der Waals surface area (Å²) in [6.07, 6.45) is 1.84. The topological polar surface area (TPSA) is 89.7 Å². The Balaban J connectivity index is 3.07. The third kappa shape index (κ3) is 4.53. The number of nitrogens with zero attached hydrogens (tertiary/aromatic N) is 1. The fraction of sp³-hybridized carbons (Fsp3) is 0.533. The molecule has 1 rings (SSSR count). The number of aryl methyl sites for hydroxylation is 1. The van der Waals surface area contributed by atoms with Crippen molar-refractivity contribution in [1.82, 2.24) is 4.41 Å². The second kappa shape index (κ2) is 8.26. The first kappa shape index (κ1) is 18.6. The maximum Gasteiger partial charge on any atom is 0.325 e. The first-order chi connectivity index (χ1) is 10.3. The van der Waals surface area contributed by atoms with Crippen LogP contribution in [0.15, 0.2) is 29.2 Å². The molecule has 0 aliphatic carbocycles. The van der Waals surface area contributed by atoms with Gasteiger partial charge in [0.05, 0.1) is 11.5 Å². The maximum atomic E-state index is 12.5. The van der Waals surface area contributed by atoms with Crippen LogP contribution in [0.3, 0.4) is 0 Å². The largest absolute Gasteiger partial charge is 0.465 e. The second-order valence-corrected chi connectivity index (χ2v) is 6.90. The number of carbonyl (C=O) groups is 1. The van der Waals surface area contributed by atoms with Crippen LogP contribution in [0.2, 0.25) is 0 Å². The van der Waals surface area contributed by atoms with Crippen molar-refractivity contribution in [1.29, 1.82) is 0 Å². The van der Waals surface area contributed by atoms with Gasteiger partial charge in [-0.05, 0) is 32.4 Å². The fourth-order valence-electron chi connectivity index (χ4n) is 1.98. The molecule has 2 N–H and O–H groups in total. The molecule has 1 aromatic carbocycles. The van der Waals surface area contributed by atoms with E-state index >= 15 is 0 Å². The van der Waals surface area contributed by atoms with E-state index < -0.39 is 22.0 Å². The lowest BCUT2D eigenvalue weighted by molar-refractivity contribution is -0.148. The maximum absolute atomic E-state index is 12.5. The lowest BCUT2D eigenvalue weighted by atomic mass is 10.1. The molecule has 0 saturated heterocycles. The molecule has 1 aromatic rings. The number of nitrogens with two attached hydrogens (primary N) is 1. The Labute approximate surface area is 132 Å². The van der Waals surface area contributed by atoms with Crippen molar-refractivity contribution in [3.8, 4) is 0 Å². The van der Waals surface area contributed by atoms with Crippen LogP contribution in [-0.2, 0) is 19.6 Å². The molecule has 0 radical (unpaired) electrons. The molecule has 22 heavy (non-hydrogen) atoms. The number of ether oxygens (including phenoxy) is 1.